The second-order valence-electron chi connectivity index (χ2n) is 6.83. The van der Waals surface area contributed by atoms with Gasteiger partial charge in [-0.15, -0.1) is 0 Å². The van der Waals surface area contributed by atoms with Crippen molar-refractivity contribution in [2.24, 2.45) is 0 Å². The molecule has 1 aromatic heterocycles. The fourth-order valence-corrected chi connectivity index (χ4v) is 3.51. The number of hydrogen-bond acceptors (Lipinski definition) is 5. The topological polar surface area (TPSA) is 49.8 Å². The van der Waals surface area contributed by atoms with Crippen LogP contribution in [0.2, 0.25) is 0 Å². The molecule has 2 unspecified atom stereocenters. The quantitative estimate of drug-likeness (QED) is 0.883. The summed E-state index contributed by atoms with van der Waals surface area (Å²) in [6.07, 6.45) is 7.33. The molecule has 1 aliphatic carbocycles. The standard InChI is InChI=1S/C16H28N4S/c1-16(2,3)15-19-13(17-4)10-14(20-15)18-11-7-6-8-12(9-11)21-5/h10-12H,6-9H2,1-5H3,(H2,17,18,19,20). The molecule has 0 radical (unpaired) electrons. The summed E-state index contributed by atoms with van der Waals surface area (Å²) < 4.78 is 0. The van der Waals surface area contributed by atoms with E-state index in [2.05, 4.69) is 42.6 Å². The van der Waals surface area contributed by atoms with Crippen LogP contribution >= 0.6 is 11.8 Å². The van der Waals surface area contributed by atoms with Crippen molar-refractivity contribution in [2.45, 2.75) is 63.2 Å². The summed E-state index contributed by atoms with van der Waals surface area (Å²) in [5.41, 5.74) is -0.0440. The molecule has 1 heterocycles. The molecule has 0 bridgehead atoms. The van der Waals surface area contributed by atoms with Gasteiger partial charge in [0, 0.05) is 29.8 Å². The molecule has 0 aliphatic heterocycles. The van der Waals surface area contributed by atoms with E-state index in [9.17, 15) is 0 Å². The van der Waals surface area contributed by atoms with E-state index in [1.54, 1.807) is 0 Å². The van der Waals surface area contributed by atoms with Crippen LogP contribution in [-0.4, -0.2) is 34.6 Å². The normalized spacial score (nSPS) is 22.9. The van der Waals surface area contributed by atoms with E-state index in [1.165, 1.54) is 25.7 Å². The molecule has 1 aromatic rings. The number of nitrogens with one attached hydrogen (secondary N) is 2. The lowest BCUT2D eigenvalue weighted by molar-refractivity contribution is 0.471. The lowest BCUT2D eigenvalue weighted by Gasteiger charge is -2.29. The first-order chi connectivity index (χ1) is 9.92. The average molecular weight is 308 g/mol. The van der Waals surface area contributed by atoms with E-state index in [-0.39, 0.29) is 5.41 Å². The molecule has 2 rings (SSSR count). The third kappa shape index (κ3) is 4.50. The molecule has 21 heavy (non-hydrogen) atoms. The van der Waals surface area contributed by atoms with Crippen molar-refractivity contribution in [3.63, 3.8) is 0 Å². The highest BCUT2D eigenvalue weighted by Gasteiger charge is 2.23. The molecule has 4 nitrogen and oxygen atoms in total. The zero-order chi connectivity index (χ0) is 15.5. The number of hydrogen-bond donors (Lipinski definition) is 2. The van der Waals surface area contributed by atoms with E-state index in [4.69, 9.17) is 4.98 Å². The van der Waals surface area contributed by atoms with Gasteiger partial charge >= 0.3 is 0 Å². The first-order valence-corrected chi connectivity index (χ1v) is 9.08. The Hall–Kier alpha value is -0.970. The molecule has 1 fully saturated rings. The predicted molar refractivity (Wildman–Crippen MR) is 93.5 cm³/mol. The largest absolute Gasteiger partial charge is 0.373 e. The summed E-state index contributed by atoms with van der Waals surface area (Å²) in [5, 5.41) is 7.55. The lowest BCUT2D eigenvalue weighted by atomic mass is 9.94. The molecule has 0 spiro atoms. The number of aromatic nitrogens is 2. The van der Waals surface area contributed by atoms with Gasteiger partial charge in [-0.05, 0) is 25.5 Å². The van der Waals surface area contributed by atoms with Gasteiger partial charge in [0.05, 0.1) is 0 Å². The Morgan fingerprint density at radius 1 is 1.19 bits per heavy atom. The first-order valence-electron chi connectivity index (χ1n) is 7.79. The van der Waals surface area contributed by atoms with Crippen molar-refractivity contribution in [3.8, 4) is 0 Å². The molecule has 2 N–H and O–H groups in total. The second kappa shape index (κ2) is 6.86. The molecule has 2 atom stereocenters. The van der Waals surface area contributed by atoms with Gasteiger partial charge in [-0.25, -0.2) is 9.97 Å². The van der Waals surface area contributed by atoms with Crippen LogP contribution in [0.1, 0.15) is 52.3 Å². The van der Waals surface area contributed by atoms with Crippen LogP contribution in [0, 0.1) is 0 Å². The Bertz CT molecular complexity index is 470. The fraction of sp³-hybridized carbons (Fsp3) is 0.750. The van der Waals surface area contributed by atoms with Crippen molar-refractivity contribution < 1.29 is 0 Å². The van der Waals surface area contributed by atoms with Crippen LogP contribution in [0.25, 0.3) is 0 Å². The van der Waals surface area contributed by atoms with Crippen LogP contribution in [0.3, 0.4) is 0 Å². The van der Waals surface area contributed by atoms with Crippen LogP contribution in [0.15, 0.2) is 6.07 Å². The van der Waals surface area contributed by atoms with Gasteiger partial charge in [-0.1, -0.05) is 27.2 Å². The number of rotatable bonds is 4. The van der Waals surface area contributed by atoms with Gasteiger partial charge < -0.3 is 10.6 Å². The van der Waals surface area contributed by atoms with Gasteiger partial charge in [-0.3, -0.25) is 0 Å². The Labute approximate surface area is 132 Å². The molecular weight excluding hydrogens is 280 g/mol. The molecular formula is C16H28N4S. The summed E-state index contributed by atoms with van der Waals surface area (Å²) in [6, 6.07) is 2.54. The Morgan fingerprint density at radius 3 is 2.52 bits per heavy atom. The maximum absolute atomic E-state index is 4.73. The van der Waals surface area contributed by atoms with Gasteiger partial charge in [0.2, 0.25) is 0 Å². The minimum absolute atomic E-state index is 0.0440. The van der Waals surface area contributed by atoms with Crippen molar-refractivity contribution in [1.29, 1.82) is 0 Å². The minimum Gasteiger partial charge on any atom is -0.373 e. The SMILES string of the molecule is CNc1cc(NC2CCCC(SC)C2)nc(C(C)(C)C)n1. The lowest BCUT2D eigenvalue weighted by Crippen LogP contribution is -2.29. The van der Waals surface area contributed by atoms with E-state index >= 15 is 0 Å². The average Bonchev–Trinajstić information content (AvgIpc) is 2.46. The Morgan fingerprint density at radius 2 is 1.90 bits per heavy atom. The van der Waals surface area contributed by atoms with E-state index in [0.717, 1.165) is 22.7 Å². The Kier molecular flexibility index (Phi) is 5.36. The summed E-state index contributed by atoms with van der Waals surface area (Å²) in [7, 11) is 1.91. The highest BCUT2D eigenvalue weighted by atomic mass is 32.2. The monoisotopic (exact) mass is 308 g/mol. The van der Waals surface area contributed by atoms with Gasteiger partial charge in [-0.2, -0.15) is 11.8 Å². The zero-order valence-electron chi connectivity index (χ0n) is 13.9. The summed E-state index contributed by atoms with van der Waals surface area (Å²) >= 11 is 1.99. The highest BCUT2D eigenvalue weighted by Crippen LogP contribution is 2.29. The van der Waals surface area contributed by atoms with Crippen LogP contribution < -0.4 is 10.6 Å². The maximum Gasteiger partial charge on any atom is 0.138 e. The molecule has 5 heteroatoms. The highest BCUT2D eigenvalue weighted by molar-refractivity contribution is 7.99. The molecule has 1 saturated carbocycles. The van der Waals surface area contributed by atoms with Gasteiger partial charge in [0.1, 0.15) is 17.5 Å². The van der Waals surface area contributed by atoms with Crippen molar-refractivity contribution in [1.82, 2.24) is 9.97 Å². The van der Waals surface area contributed by atoms with E-state index < -0.39 is 0 Å². The van der Waals surface area contributed by atoms with Crippen LogP contribution in [0.4, 0.5) is 11.6 Å². The van der Waals surface area contributed by atoms with Crippen molar-refractivity contribution in [2.75, 3.05) is 23.9 Å². The molecule has 0 aromatic carbocycles. The minimum atomic E-state index is -0.0440. The Balaban J connectivity index is 2.15. The molecule has 0 saturated heterocycles. The molecule has 1 aliphatic rings. The predicted octanol–water partition coefficient (Wildman–Crippen LogP) is 3.90. The zero-order valence-corrected chi connectivity index (χ0v) is 14.7. The summed E-state index contributed by atoms with van der Waals surface area (Å²) in [5.74, 6) is 2.72. The maximum atomic E-state index is 4.73. The van der Waals surface area contributed by atoms with Crippen LogP contribution in [-0.2, 0) is 5.41 Å². The third-order valence-electron chi connectivity index (χ3n) is 3.96. The smallest absolute Gasteiger partial charge is 0.138 e. The number of thioether (sulfide) groups is 1. The van der Waals surface area contributed by atoms with E-state index in [0.29, 0.717) is 6.04 Å². The fourth-order valence-electron chi connectivity index (χ4n) is 2.68. The third-order valence-corrected chi connectivity index (χ3v) is 5.06. The van der Waals surface area contributed by atoms with Crippen molar-refractivity contribution >= 4 is 23.4 Å². The van der Waals surface area contributed by atoms with Gasteiger partial charge in [0.15, 0.2) is 0 Å². The van der Waals surface area contributed by atoms with Crippen LogP contribution in [0.5, 0.6) is 0 Å². The summed E-state index contributed by atoms with van der Waals surface area (Å²) in [6.45, 7) is 6.45. The number of anilines is 2. The summed E-state index contributed by atoms with van der Waals surface area (Å²) in [4.78, 5) is 9.31. The molecule has 118 valence electrons. The van der Waals surface area contributed by atoms with Crippen molar-refractivity contribution in [3.05, 3.63) is 11.9 Å². The first kappa shape index (κ1) is 16.4. The molecule has 0 amide bonds. The van der Waals surface area contributed by atoms with Gasteiger partial charge in [0.25, 0.3) is 0 Å². The number of nitrogens with zero attached hydrogens (tertiary/aromatic N) is 2. The van der Waals surface area contributed by atoms with E-state index in [1.807, 2.05) is 24.9 Å². The second-order valence-corrected chi connectivity index (χ2v) is 7.97.